The standard InChI is InChI=1S/C15H26O/c1-9-5-6-13-14(3,4)11-7-15(9,13)8-12(16)10(11)2/h9-13,16H,5-8H2,1-4H3/t9-,10-,11+,12+,13+,15?/m1/s1. The van der Waals surface area contributed by atoms with Crippen LogP contribution in [-0.2, 0) is 0 Å². The van der Waals surface area contributed by atoms with Gasteiger partial charge in [-0.2, -0.15) is 0 Å². The Morgan fingerprint density at radius 1 is 1.06 bits per heavy atom. The molecule has 2 bridgehead atoms. The van der Waals surface area contributed by atoms with E-state index in [0.717, 1.165) is 24.2 Å². The fraction of sp³-hybridized carbons (Fsp3) is 1.00. The smallest absolute Gasteiger partial charge is 0.0574 e. The van der Waals surface area contributed by atoms with Gasteiger partial charge in [0.2, 0.25) is 0 Å². The first-order valence-corrected chi connectivity index (χ1v) is 7.07. The fourth-order valence-corrected chi connectivity index (χ4v) is 5.86. The predicted octanol–water partition coefficient (Wildman–Crippen LogP) is 3.47. The minimum atomic E-state index is -0.0384. The van der Waals surface area contributed by atoms with Crippen LogP contribution in [0.1, 0.15) is 53.4 Å². The molecular formula is C15H26O. The van der Waals surface area contributed by atoms with Gasteiger partial charge in [-0.05, 0) is 60.2 Å². The summed E-state index contributed by atoms with van der Waals surface area (Å²) in [7, 11) is 0. The third-order valence-electron chi connectivity index (χ3n) is 6.85. The molecule has 3 fully saturated rings. The van der Waals surface area contributed by atoms with Crippen LogP contribution in [0, 0.1) is 34.5 Å². The van der Waals surface area contributed by atoms with Gasteiger partial charge in [0.05, 0.1) is 6.10 Å². The molecule has 3 aliphatic carbocycles. The summed E-state index contributed by atoms with van der Waals surface area (Å²) < 4.78 is 0. The molecule has 1 N–H and O–H groups in total. The number of aliphatic hydroxyl groups is 1. The molecule has 0 aromatic carbocycles. The molecule has 16 heavy (non-hydrogen) atoms. The number of aliphatic hydroxyl groups excluding tert-OH is 1. The summed E-state index contributed by atoms with van der Waals surface area (Å²) in [5.74, 6) is 2.98. The van der Waals surface area contributed by atoms with Gasteiger partial charge < -0.3 is 5.11 Å². The first-order valence-electron chi connectivity index (χ1n) is 7.07. The minimum Gasteiger partial charge on any atom is -0.393 e. The molecule has 0 aliphatic heterocycles. The van der Waals surface area contributed by atoms with Crippen molar-refractivity contribution in [1.82, 2.24) is 0 Å². The average Bonchev–Trinajstić information content (AvgIpc) is 2.59. The lowest BCUT2D eigenvalue weighted by Gasteiger charge is -2.42. The van der Waals surface area contributed by atoms with Crippen LogP contribution >= 0.6 is 0 Å². The number of hydrogen-bond acceptors (Lipinski definition) is 1. The monoisotopic (exact) mass is 222 g/mol. The molecule has 0 heterocycles. The van der Waals surface area contributed by atoms with Gasteiger partial charge in [-0.15, -0.1) is 0 Å². The van der Waals surface area contributed by atoms with Gasteiger partial charge in [0.25, 0.3) is 0 Å². The molecule has 92 valence electrons. The molecule has 6 atom stereocenters. The Kier molecular flexibility index (Phi) is 2.11. The van der Waals surface area contributed by atoms with Crippen LogP contribution in [0.15, 0.2) is 0 Å². The second-order valence-electron chi connectivity index (χ2n) is 7.53. The molecule has 1 unspecified atom stereocenters. The van der Waals surface area contributed by atoms with Crippen molar-refractivity contribution < 1.29 is 5.11 Å². The van der Waals surface area contributed by atoms with E-state index >= 15 is 0 Å². The molecule has 1 spiro atoms. The van der Waals surface area contributed by atoms with E-state index in [1.165, 1.54) is 19.3 Å². The Morgan fingerprint density at radius 3 is 2.44 bits per heavy atom. The lowest BCUT2D eigenvalue weighted by atomic mass is 9.64. The lowest BCUT2D eigenvalue weighted by molar-refractivity contribution is -0.0194. The maximum atomic E-state index is 10.4. The quantitative estimate of drug-likeness (QED) is 0.665. The molecule has 0 aromatic rings. The predicted molar refractivity (Wildman–Crippen MR) is 66.0 cm³/mol. The number of rotatable bonds is 0. The zero-order valence-electron chi connectivity index (χ0n) is 11.2. The van der Waals surface area contributed by atoms with E-state index in [1.54, 1.807) is 0 Å². The summed E-state index contributed by atoms with van der Waals surface area (Å²) in [6, 6.07) is 0. The van der Waals surface area contributed by atoms with Crippen molar-refractivity contribution in [3.05, 3.63) is 0 Å². The zero-order chi connectivity index (χ0) is 11.7. The average molecular weight is 222 g/mol. The summed E-state index contributed by atoms with van der Waals surface area (Å²) in [5, 5.41) is 10.4. The van der Waals surface area contributed by atoms with Crippen LogP contribution in [0.4, 0.5) is 0 Å². The highest BCUT2D eigenvalue weighted by Gasteiger charge is 2.66. The second-order valence-corrected chi connectivity index (χ2v) is 7.53. The molecule has 1 heteroatoms. The summed E-state index contributed by atoms with van der Waals surface area (Å²) >= 11 is 0. The summed E-state index contributed by atoms with van der Waals surface area (Å²) in [5.41, 5.74) is 0.960. The molecule has 0 radical (unpaired) electrons. The molecule has 0 aromatic heterocycles. The van der Waals surface area contributed by atoms with E-state index in [9.17, 15) is 5.11 Å². The maximum absolute atomic E-state index is 10.4. The molecule has 0 amide bonds. The van der Waals surface area contributed by atoms with Crippen molar-refractivity contribution in [2.45, 2.75) is 59.5 Å². The number of fused-ring (bicyclic) bond motifs is 1. The van der Waals surface area contributed by atoms with E-state index in [-0.39, 0.29) is 6.10 Å². The summed E-state index contributed by atoms with van der Waals surface area (Å²) in [6.07, 6.45) is 5.24. The van der Waals surface area contributed by atoms with Gasteiger partial charge in [-0.25, -0.2) is 0 Å². The third kappa shape index (κ3) is 1.06. The number of hydrogen-bond donors (Lipinski definition) is 1. The van der Waals surface area contributed by atoms with Crippen molar-refractivity contribution in [3.63, 3.8) is 0 Å². The summed E-state index contributed by atoms with van der Waals surface area (Å²) in [4.78, 5) is 0. The van der Waals surface area contributed by atoms with Crippen LogP contribution in [0.3, 0.4) is 0 Å². The van der Waals surface area contributed by atoms with Crippen LogP contribution in [0.25, 0.3) is 0 Å². The Labute approximate surface area is 99.6 Å². The van der Waals surface area contributed by atoms with Crippen molar-refractivity contribution in [2.75, 3.05) is 0 Å². The largest absolute Gasteiger partial charge is 0.393 e. The highest BCUT2D eigenvalue weighted by molar-refractivity contribution is 5.15. The Hall–Kier alpha value is -0.0400. The Balaban J connectivity index is 2.06. The van der Waals surface area contributed by atoms with Gasteiger partial charge >= 0.3 is 0 Å². The van der Waals surface area contributed by atoms with Gasteiger partial charge in [-0.3, -0.25) is 0 Å². The molecule has 3 aliphatic rings. The van der Waals surface area contributed by atoms with E-state index in [2.05, 4.69) is 27.7 Å². The van der Waals surface area contributed by atoms with Crippen molar-refractivity contribution in [2.24, 2.45) is 34.5 Å². The molecule has 3 saturated carbocycles. The highest BCUT2D eigenvalue weighted by Crippen LogP contribution is 2.72. The van der Waals surface area contributed by atoms with Crippen LogP contribution in [-0.4, -0.2) is 11.2 Å². The normalized spacial score (nSPS) is 58.7. The summed E-state index contributed by atoms with van der Waals surface area (Å²) in [6.45, 7) is 9.64. The van der Waals surface area contributed by atoms with Gasteiger partial charge in [0, 0.05) is 0 Å². The van der Waals surface area contributed by atoms with Crippen LogP contribution in [0.5, 0.6) is 0 Å². The van der Waals surface area contributed by atoms with E-state index < -0.39 is 0 Å². The van der Waals surface area contributed by atoms with Gasteiger partial charge in [0.1, 0.15) is 0 Å². The van der Waals surface area contributed by atoms with Crippen molar-refractivity contribution in [3.8, 4) is 0 Å². The third-order valence-corrected chi connectivity index (χ3v) is 6.85. The second kappa shape index (κ2) is 3.04. The molecule has 1 nitrogen and oxygen atoms in total. The maximum Gasteiger partial charge on any atom is 0.0574 e. The van der Waals surface area contributed by atoms with Crippen molar-refractivity contribution >= 4 is 0 Å². The first-order chi connectivity index (χ1) is 7.39. The van der Waals surface area contributed by atoms with Gasteiger partial charge in [0.15, 0.2) is 0 Å². The fourth-order valence-electron chi connectivity index (χ4n) is 5.86. The Bertz CT molecular complexity index is 309. The molecule has 0 saturated heterocycles. The highest BCUT2D eigenvalue weighted by atomic mass is 16.3. The lowest BCUT2D eigenvalue weighted by Crippen LogP contribution is -2.39. The zero-order valence-corrected chi connectivity index (χ0v) is 11.2. The van der Waals surface area contributed by atoms with Gasteiger partial charge in [-0.1, -0.05) is 27.7 Å². The van der Waals surface area contributed by atoms with E-state index in [1.807, 2.05) is 0 Å². The molecular weight excluding hydrogens is 196 g/mol. The van der Waals surface area contributed by atoms with Crippen molar-refractivity contribution in [1.29, 1.82) is 0 Å². The SMILES string of the molecule is C[C@H]1[C@@H](O)CC23C[C@@H]1C(C)(C)[C@@H]2CC[C@H]3C. The Morgan fingerprint density at radius 2 is 1.75 bits per heavy atom. The van der Waals surface area contributed by atoms with E-state index in [0.29, 0.717) is 16.7 Å². The minimum absolute atomic E-state index is 0.0384. The van der Waals surface area contributed by atoms with Crippen LogP contribution in [0.2, 0.25) is 0 Å². The topological polar surface area (TPSA) is 20.2 Å². The molecule has 3 rings (SSSR count). The first kappa shape index (κ1) is 11.1. The van der Waals surface area contributed by atoms with Crippen LogP contribution < -0.4 is 0 Å². The van der Waals surface area contributed by atoms with E-state index in [4.69, 9.17) is 0 Å².